The molecule has 1 saturated heterocycles. The summed E-state index contributed by atoms with van der Waals surface area (Å²) >= 11 is 3.26. The number of amides is 1. The van der Waals surface area contributed by atoms with Crippen molar-refractivity contribution in [2.45, 2.75) is 19.5 Å². The Morgan fingerprint density at radius 3 is 2.57 bits per heavy atom. The van der Waals surface area contributed by atoms with Gasteiger partial charge in [0.05, 0.1) is 6.54 Å². The molecule has 0 saturated carbocycles. The Labute approximate surface area is 172 Å². The van der Waals surface area contributed by atoms with Gasteiger partial charge in [-0.05, 0) is 52.7 Å². The average Bonchev–Trinajstić information content (AvgIpc) is 2.67. The Kier molecular flexibility index (Phi) is 6.64. The van der Waals surface area contributed by atoms with Gasteiger partial charge in [0.15, 0.2) is 5.78 Å². The number of hydrogen-bond donors (Lipinski definition) is 2. The lowest BCUT2D eigenvalue weighted by Gasteiger charge is -2.38. The minimum atomic E-state index is -0.851. The molecule has 1 aromatic heterocycles. The lowest BCUT2D eigenvalue weighted by molar-refractivity contribution is 0.0711. The number of halogens is 1. The number of carbonyl (C=O) groups excluding carboxylic acids is 1. The third-order valence-electron chi connectivity index (χ3n) is 4.82. The molecule has 8 heteroatoms. The lowest BCUT2D eigenvalue weighted by atomic mass is 10.1. The fraction of sp³-hybridized carbons (Fsp3) is 0.350. The number of hydrogen-bond acceptors (Lipinski definition) is 5. The second kappa shape index (κ2) is 9.16. The van der Waals surface area contributed by atoms with E-state index in [4.69, 9.17) is 5.11 Å². The number of Topliss-reactive ketones (excluding diaryl/α,β-unsaturated/α-hetero) is 1. The lowest BCUT2D eigenvalue weighted by Crippen LogP contribution is -2.53. The molecular formula is C20H23BrN4O3. The predicted molar refractivity (Wildman–Crippen MR) is 111 cm³/mol. The molecule has 1 aliphatic rings. The molecule has 2 N–H and O–H groups in total. The summed E-state index contributed by atoms with van der Waals surface area (Å²) in [5.74, 6) is -0.0191. The Morgan fingerprint density at radius 1 is 1.21 bits per heavy atom. The number of carboxylic acid groups (broad SMARTS) is 1. The zero-order valence-corrected chi connectivity index (χ0v) is 17.2. The van der Waals surface area contributed by atoms with Gasteiger partial charge in [-0.15, -0.1) is 0 Å². The van der Waals surface area contributed by atoms with E-state index in [2.05, 4.69) is 31.1 Å². The van der Waals surface area contributed by atoms with Gasteiger partial charge < -0.3 is 15.3 Å². The summed E-state index contributed by atoms with van der Waals surface area (Å²) < 4.78 is 0.700. The van der Waals surface area contributed by atoms with E-state index in [-0.39, 0.29) is 18.4 Å². The van der Waals surface area contributed by atoms with Crippen molar-refractivity contribution in [1.82, 2.24) is 14.8 Å². The van der Waals surface area contributed by atoms with Gasteiger partial charge >= 0.3 is 6.09 Å². The van der Waals surface area contributed by atoms with Crippen molar-refractivity contribution < 1.29 is 14.7 Å². The van der Waals surface area contributed by atoms with E-state index < -0.39 is 6.09 Å². The first-order valence-electron chi connectivity index (χ1n) is 9.12. The molecule has 0 unspecified atom stereocenters. The van der Waals surface area contributed by atoms with Crippen LogP contribution in [0.25, 0.3) is 0 Å². The Morgan fingerprint density at radius 2 is 1.96 bits per heavy atom. The molecule has 1 aliphatic heterocycles. The standard InChI is InChI=1S/C20H23BrN4O3/c1-14-12-24(8-9-25(14)20(27)28)13-15-2-5-17(6-3-15)22-11-18(26)16-4-7-19(21)23-10-16/h2-7,10,14,22H,8-9,11-13H2,1H3,(H,27,28)/t14-/m0/s1. The van der Waals surface area contributed by atoms with E-state index in [1.807, 2.05) is 31.2 Å². The van der Waals surface area contributed by atoms with E-state index in [9.17, 15) is 9.59 Å². The third-order valence-corrected chi connectivity index (χ3v) is 5.29. The van der Waals surface area contributed by atoms with Crippen LogP contribution in [0.4, 0.5) is 10.5 Å². The number of rotatable bonds is 6. The zero-order valence-electron chi connectivity index (χ0n) is 15.6. The summed E-state index contributed by atoms with van der Waals surface area (Å²) in [5.41, 5.74) is 2.61. The summed E-state index contributed by atoms with van der Waals surface area (Å²) in [6.07, 6.45) is 0.707. The quantitative estimate of drug-likeness (QED) is 0.522. The number of piperazine rings is 1. The topological polar surface area (TPSA) is 85.8 Å². The van der Waals surface area contributed by atoms with Crippen molar-refractivity contribution in [3.8, 4) is 0 Å². The van der Waals surface area contributed by atoms with E-state index in [1.165, 1.54) is 4.90 Å². The highest BCUT2D eigenvalue weighted by molar-refractivity contribution is 9.10. The van der Waals surface area contributed by atoms with Crippen molar-refractivity contribution >= 4 is 33.5 Å². The van der Waals surface area contributed by atoms with E-state index in [0.29, 0.717) is 16.7 Å². The highest BCUT2D eigenvalue weighted by Gasteiger charge is 2.26. The Balaban J connectivity index is 1.49. The number of benzene rings is 1. The zero-order chi connectivity index (χ0) is 20.1. The second-order valence-corrected chi connectivity index (χ2v) is 7.72. The van der Waals surface area contributed by atoms with Crippen LogP contribution in [0.15, 0.2) is 47.2 Å². The SMILES string of the molecule is C[C@H]1CN(Cc2ccc(NCC(=O)c3ccc(Br)nc3)cc2)CCN1C(=O)O. The summed E-state index contributed by atoms with van der Waals surface area (Å²) in [5, 5.41) is 12.3. The summed E-state index contributed by atoms with van der Waals surface area (Å²) in [6, 6.07) is 11.5. The van der Waals surface area contributed by atoms with Crippen LogP contribution in [0.5, 0.6) is 0 Å². The molecule has 0 radical (unpaired) electrons. The summed E-state index contributed by atoms with van der Waals surface area (Å²) in [7, 11) is 0. The molecule has 0 aliphatic carbocycles. The van der Waals surface area contributed by atoms with E-state index >= 15 is 0 Å². The smallest absolute Gasteiger partial charge is 0.407 e. The van der Waals surface area contributed by atoms with Crippen LogP contribution in [-0.2, 0) is 6.54 Å². The first kappa shape index (κ1) is 20.3. The normalized spacial score (nSPS) is 17.4. The summed E-state index contributed by atoms with van der Waals surface area (Å²) in [6.45, 7) is 4.90. The predicted octanol–water partition coefficient (Wildman–Crippen LogP) is 3.32. The van der Waals surface area contributed by atoms with Gasteiger partial charge in [-0.2, -0.15) is 0 Å². The van der Waals surface area contributed by atoms with Crippen molar-refractivity contribution in [2.75, 3.05) is 31.5 Å². The van der Waals surface area contributed by atoms with Gasteiger partial charge in [0, 0.05) is 49.7 Å². The van der Waals surface area contributed by atoms with Crippen LogP contribution < -0.4 is 5.32 Å². The highest BCUT2D eigenvalue weighted by atomic mass is 79.9. The fourth-order valence-electron chi connectivity index (χ4n) is 3.27. The molecule has 1 fully saturated rings. The molecule has 0 spiro atoms. The van der Waals surface area contributed by atoms with Crippen LogP contribution in [0.3, 0.4) is 0 Å². The molecule has 3 rings (SSSR count). The van der Waals surface area contributed by atoms with Gasteiger partial charge in [0.1, 0.15) is 4.60 Å². The maximum absolute atomic E-state index is 12.2. The molecule has 7 nitrogen and oxygen atoms in total. The Hall–Kier alpha value is -2.45. The molecule has 2 heterocycles. The van der Waals surface area contributed by atoms with Gasteiger partial charge in [-0.25, -0.2) is 9.78 Å². The van der Waals surface area contributed by atoms with Crippen LogP contribution >= 0.6 is 15.9 Å². The Bertz CT molecular complexity index is 826. The molecule has 0 bridgehead atoms. The molecule has 1 aromatic carbocycles. The van der Waals surface area contributed by atoms with Crippen LogP contribution in [0, 0.1) is 0 Å². The largest absolute Gasteiger partial charge is 0.465 e. The van der Waals surface area contributed by atoms with Crippen molar-refractivity contribution in [3.05, 3.63) is 58.3 Å². The molecule has 1 atom stereocenters. The molecule has 1 amide bonds. The molecule has 2 aromatic rings. The van der Waals surface area contributed by atoms with Crippen LogP contribution in [-0.4, -0.2) is 64.0 Å². The fourth-order valence-corrected chi connectivity index (χ4v) is 3.51. The average molecular weight is 447 g/mol. The van der Waals surface area contributed by atoms with Crippen molar-refractivity contribution in [3.63, 3.8) is 0 Å². The van der Waals surface area contributed by atoms with Crippen molar-refractivity contribution in [1.29, 1.82) is 0 Å². The maximum atomic E-state index is 12.2. The number of pyridine rings is 1. The first-order chi connectivity index (χ1) is 13.4. The van der Waals surface area contributed by atoms with E-state index in [0.717, 1.165) is 30.9 Å². The highest BCUT2D eigenvalue weighted by Crippen LogP contribution is 2.16. The first-order valence-corrected chi connectivity index (χ1v) is 9.91. The second-order valence-electron chi connectivity index (χ2n) is 6.90. The summed E-state index contributed by atoms with van der Waals surface area (Å²) in [4.78, 5) is 31.2. The number of ketones is 1. The third kappa shape index (κ3) is 5.30. The molecule has 148 valence electrons. The maximum Gasteiger partial charge on any atom is 0.407 e. The number of nitrogens with zero attached hydrogens (tertiary/aromatic N) is 3. The minimum Gasteiger partial charge on any atom is -0.465 e. The number of nitrogens with one attached hydrogen (secondary N) is 1. The minimum absolute atomic E-state index is 0.00805. The van der Waals surface area contributed by atoms with E-state index in [1.54, 1.807) is 18.3 Å². The van der Waals surface area contributed by atoms with Gasteiger partial charge in [-0.1, -0.05) is 12.1 Å². The van der Waals surface area contributed by atoms with Crippen LogP contribution in [0.1, 0.15) is 22.8 Å². The number of aromatic nitrogens is 1. The molecule has 28 heavy (non-hydrogen) atoms. The van der Waals surface area contributed by atoms with Gasteiger partial charge in [0.25, 0.3) is 0 Å². The van der Waals surface area contributed by atoms with Gasteiger partial charge in [-0.3, -0.25) is 9.69 Å². The van der Waals surface area contributed by atoms with Crippen molar-refractivity contribution in [2.24, 2.45) is 0 Å². The van der Waals surface area contributed by atoms with Gasteiger partial charge in [0.2, 0.25) is 0 Å². The number of carbonyl (C=O) groups is 2. The van der Waals surface area contributed by atoms with Crippen LogP contribution in [0.2, 0.25) is 0 Å². The molecular weight excluding hydrogens is 424 g/mol. The number of anilines is 1. The monoisotopic (exact) mass is 446 g/mol.